The topological polar surface area (TPSA) is 41.8 Å². The molecule has 1 heterocycles. The Bertz CT molecular complexity index is 652. The summed E-state index contributed by atoms with van der Waals surface area (Å²) in [6.07, 6.45) is 2.98. The van der Waals surface area contributed by atoms with Gasteiger partial charge in [-0.1, -0.05) is 12.1 Å². The van der Waals surface area contributed by atoms with Crippen LogP contribution in [0.25, 0.3) is 0 Å². The Hall–Kier alpha value is -1.70. The van der Waals surface area contributed by atoms with Crippen LogP contribution in [0.2, 0.25) is 0 Å². The summed E-state index contributed by atoms with van der Waals surface area (Å²) < 4.78 is 7.32. The number of benzene rings is 1. The Morgan fingerprint density at radius 1 is 1.24 bits per heavy atom. The number of hydrogen-bond donors (Lipinski definition) is 1. The van der Waals surface area contributed by atoms with Crippen LogP contribution in [-0.4, -0.2) is 42.7 Å². The van der Waals surface area contributed by atoms with E-state index in [2.05, 4.69) is 66.3 Å². The second-order valence-electron chi connectivity index (χ2n) is 5.80. The Balaban J connectivity index is 0.00000312. The van der Waals surface area contributed by atoms with Crippen molar-refractivity contribution in [3.05, 3.63) is 53.9 Å². The van der Waals surface area contributed by atoms with Crippen molar-refractivity contribution in [1.29, 1.82) is 0 Å². The number of nitrogens with one attached hydrogen (secondary N) is 1. The van der Waals surface area contributed by atoms with Gasteiger partial charge in [-0.3, -0.25) is 4.99 Å². The van der Waals surface area contributed by atoms with Crippen LogP contribution in [0.15, 0.2) is 47.6 Å². The first kappa shape index (κ1) is 21.3. The van der Waals surface area contributed by atoms with Gasteiger partial charge < -0.3 is 19.5 Å². The number of methoxy groups -OCH3 is 1. The third-order valence-electron chi connectivity index (χ3n) is 3.97. The quantitative estimate of drug-likeness (QED) is 0.395. The monoisotopic (exact) mass is 456 g/mol. The van der Waals surface area contributed by atoms with E-state index in [4.69, 9.17) is 9.73 Å². The maximum atomic E-state index is 5.19. The average molecular weight is 456 g/mol. The zero-order chi connectivity index (χ0) is 17.4. The molecular weight excluding hydrogens is 427 g/mol. The van der Waals surface area contributed by atoms with E-state index >= 15 is 0 Å². The molecule has 0 atom stereocenters. The zero-order valence-corrected chi connectivity index (χ0v) is 17.9. The maximum absolute atomic E-state index is 5.19. The molecule has 138 valence electrons. The Kier molecular flexibility index (Phi) is 9.41. The van der Waals surface area contributed by atoms with Gasteiger partial charge in [-0.25, -0.2) is 0 Å². The zero-order valence-electron chi connectivity index (χ0n) is 15.5. The van der Waals surface area contributed by atoms with Crippen molar-refractivity contribution in [2.24, 2.45) is 12.0 Å². The van der Waals surface area contributed by atoms with Gasteiger partial charge >= 0.3 is 0 Å². The molecule has 2 rings (SSSR count). The summed E-state index contributed by atoms with van der Waals surface area (Å²) in [6, 6.07) is 12.4. The molecule has 5 nitrogen and oxygen atoms in total. The van der Waals surface area contributed by atoms with Gasteiger partial charge in [-0.15, -0.1) is 24.0 Å². The minimum absolute atomic E-state index is 0. The molecule has 0 saturated heterocycles. The Morgan fingerprint density at radius 2 is 1.96 bits per heavy atom. The van der Waals surface area contributed by atoms with E-state index in [1.165, 1.54) is 11.3 Å². The molecule has 0 aliphatic carbocycles. The molecule has 1 aromatic heterocycles. The summed E-state index contributed by atoms with van der Waals surface area (Å²) in [5.41, 5.74) is 2.53. The van der Waals surface area contributed by atoms with Crippen molar-refractivity contribution in [1.82, 2.24) is 14.8 Å². The summed E-state index contributed by atoms with van der Waals surface area (Å²) in [7, 11) is 5.82. The standard InChI is InChI=1S/C19H28N4O.HI/c1-5-20-19(23(3)15-17-7-6-14-22(17)2)21-13-12-16-8-10-18(24-4)11-9-16;/h6-11,14H,5,12-13,15H2,1-4H3,(H,20,21);1H. The molecule has 0 unspecified atom stereocenters. The molecule has 2 aromatic rings. The molecule has 0 saturated carbocycles. The van der Waals surface area contributed by atoms with Crippen LogP contribution in [0.4, 0.5) is 0 Å². The van der Waals surface area contributed by atoms with Crippen molar-refractivity contribution >= 4 is 29.9 Å². The molecule has 0 radical (unpaired) electrons. The molecule has 0 amide bonds. The third-order valence-corrected chi connectivity index (χ3v) is 3.97. The first-order chi connectivity index (χ1) is 11.6. The lowest BCUT2D eigenvalue weighted by Gasteiger charge is -2.22. The fourth-order valence-corrected chi connectivity index (χ4v) is 2.53. The maximum Gasteiger partial charge on any atom is 0.194 e. The largest absolute Gasteiger partial charge is 0.497 e. The van der Waals surface area contributed by atoms with Crippen LogP contribution in [0, 0.1) is 0 Å². The molecule has 0 bridgehead atoms. The van der Waals surface area contributed by atoms with Crippen molar-refractivity contribution in [2.75, 3.05) is 27.2 Å². The number of hydrogen-bond acceptors (Lipinski definition) is 2. The molecule has 0 aliphatic rings. The molecule has 1 N–H and O–H groups in total. The van der Waals surface area contributed by atoms with E-state index in [1.54, 1.807) is 7.11 Å². The van der Waals surface area contributed by atoms with Crippen molar-refractivity contribution in [2.45, 2.75) is 19.9 Å². The van der Waals surface area contributed by atoms with Gasteiger partial charge in [-0.2, -0.15) is 0 Å². The van der Waals surface area contributed by atoms with Gasteiger partial charge in [0.2, 0.25) is 0 Å². The predicted molar refractivity (Wildman–Crippen MR) is 115 cm³/mol. The molecule has 6 heteroatoms. The summed E-state index contributed by atoms with van der Waals surface area (Å²) in [4.78, 5) is 6.91. The van der Waals surface area contributed by atoms with E-state index in [9.17, 15) is 0 Å². The van der Waals surface area contributed by atoms with Gasteiger partial charge in [0, 0.05) is 39.1 Å². The van der Waals surface area contributed by atoms with Crippen LogP contribution >= 0.6 is 24.0 Å². The summed E-state index contributed by atoms with van der Waals surface area (Å²) in [5.74, 6) is 1.82. The first-order valence-electron chi connectivity index (χ1n) is 8.36. The molecule has 25 heavy (non-hydrogen) atoms. The minimum Gasteiger partial charge on any atom is -0.497 e. The van der Waals surface area contributed by atoms with Crippen LogP contribution in [0.1, 0.15) is 18.2 Å². The van der Waals surface area contributed by atoms with Crippen LogP contribution < -0.4 is 10.1 Å². The molecular formula is C19H29IN4O. The Morgan fingerprint density at radius 3 is 2.52 bits per heavy atom. The van der Waals surface area contributed by atoms with Gasteiger partial charge in [0.05, 0.1) is 13.7 Å². The number of aliphatic imine (C=N–C) groups is 1. The van der Waals surface area contributed by atoms with E-state index in [0.717, 1.165) is 37.8 Å². The first-order valence-corrected chi connectivity index (χ1v) is 8.36. The van der Waals surface area contributed by atoms with Gasteiger partial charge in [0.15, 0.2) is 5.96 Å². The van der Waals surface area contributed by atoms with Gasteiger partial charge in [0.1, 0.15) is 5.75 Å². The number of rotatable bonds is 7. The minimum atomic E-state index is 0. The average Bonchev–Trinajstić information content (AvgIpc) is 2.99. The van der Waals surface area contributed by atoms with Gasteiger partial charge in [-0.05, 0) is 43.2 Å². The highest BCUT2D eigenvalue weighted by Gasteiger charge is 2.08. The number of ether oxygens (including phenoxy) is 1. The van der Waals surface area contributed by atoms with Crippen LogP contribution in [-0.2, 0) is 20.0 Å². The molecule has 1 aromatic carbocycles. The van der Waals surface area contributed by atoms with Crippen molar-refractivity contribution in [3.8, 4) is 5.75 Å². The highest BCUT2D eigenvalue weighted by Crippen LogP contribution is 2.11. The molecule has 0 aliphatic heterocycles. The number of halogens is 1. The number of aryl methyl sites for hydroxylation is 1. The number of guanidine groups is 1. The fourth-order valence-electron chi connectivity index (χ4n) is 2.53. The second kappa shape index (κ2) is 11.0. The predicted octanol–water partition coefficient (Wildman–Crippen LogP) is 3.29. The number of aromatic nitrogens is 1. The van der Waals surface area contributed by atoms with Gasteiger partial charge in [0.25, 0.3) is 0 Å². The van der Waals surface area contributed by atoms with E-state index < -0.39 is 0 Å². The van der Waals surface area contributed by atoms with E-state index in [1.807, 2.05) is 12.1 Å². The van der Waals surface area contributed by atoms with E-state index in [0.29, 0.717) is 0 Å². The Labute approximate surface area is 168 Å². The van der Waals surface area contributed by atoms with E-state index in [-0.39, 0.29) is 24.0 Å². The summed E-state index contributed by atoms with van der Waals surface area (Å²) in [6.45, 7) is 4.54. The van der Waals surface area contributed by atoms with Crippen molar-refractivity contribution in [3.63, 3.8) is 0 Å². The lowest BCUT2D eigenvalue weighted by molar-refractivity contribution is 0.414. The lowest BCUT2D eigenvalue weighted by Crippen LogP contribution is -2.39. The summed E-state index contributed by atoms with van der Waals surface area (Å²) in [5, 5.41) is 3.37. The van der Waals surface area contributed by atoms with Crippen LogP contribution in [0.5, 0.6) is 5.75 Å². The highest BCUT2D eigenvalue weighted by atomic mass is 127. The third kappa shape index (κ3) is 6.61. The molecule has 0 fully saturated rings. The normalized spacial score (nSPS) is 11.0. The number of nitrogens with zero attached hydrogens (tertiary/aromatic N) is 3. The summed E-state index contributed by atoms with van der Waals surface area (Å²) >= 11 is 0. The lowest BCUT2D eigenvalue weighted by atomic mass is 10.1. The molecule has 0 spiro atoms. The van der Waals surface area contributed by atoms with Crippen molar-refractivity contribution < 1.29 is 4.74 Å². The second-order valence-corrected chi connectivity index (χ2v) is 5.80. The highest BCUT2D eigenvalue weighted by molar-refractivity contribution is 14.0. The SMILES string of the molecule is CCNC(=NCCc1ccc(OC)cc1)N(C)Cc1cccn1C.I. The van der Waals surface area contributed by atoms with Crippen LogP contribution in [0.3, 0.4) is 0 Å². The fraction of sp³-hybridized carbons (Fsp3) is 0.421. The smallest absolute Gasteiger partial charge is 0.194 e.